The molecule has 2 aromatic rings. The van der Waals surface area contributed by atoms with Crippen LogP contribution in [-0.2, 0) is 27.8 Å². The van der Waals surface area contributed by atoms with E-state index in [1.165, 1.54) is 0 Å². The molecule has 21 heavy (non-hydrogen) atoms. The Labute approximate surface area is 121 Å². The molecule has 0 saturated heterocycles. The summed E-state index contributed by atoms with van der Waals surface area (Å²) < 4.78 is 27.5. The van der Waals surface area contributed by atoms with Crippen molar-refractivity contribution in [1.29, 1.82) is 0 Å². The van der Waals surface area contributed by atoms with E-state index in [0.717, 1.165) is 35.6 Å². The Morgan fingerprint density at radius 3 is 2.95 bits per heavy atom. The molecule has 0 aromatic carbocycles. The average Bonchev–Trinajstić information content (AvgIpc) is 2.98. The Morgan fingerprint density at radius 2 is 2.29 bits per heavy atom. The van der Waals surface area contributed by atoms with E-state index in [1.54, 1.807) is 6.07 Å². The number of hydrogen-bond donors (Lipinski definition) is 3. The molecule has 0 bridgehead atoms. The van der Waals surface area contributed by atoms with Crippen LogP contribution in [0, 0.1) is 0 Å². The Hall–Kier alpha value is -2.36. The van der Waals surface area contributed by atoms with Crippen molar-refractivity contribution in [3.8, 4) is 0 Å². The van der Waals surface area contributed by atoms with Crippen LogP contribution in [0.1, 0.15) is 19.0 Å². The minimum absolute atomic E-state index is 0.121. The van der Waals surface area contributed by atoms with E-state index in [1.807, 2.05) is 6.92 Å². The molecular formula is C11H15N5O4S. The number of sulfonamides is 1. The van der Waals surface area contributed by atoms with Crippen LogP contribution >= 0.6 is 0 Å². The Bertz CT molecular complexity index is 733. The van der Waals surface area contributed by atoms with Crippen LogP contribution in [0.2, 0.25) is 0 Å². The van der Waals surface area contributed by atoms with Crippen molar-refractivity contribution in [3.05, 3.63) is 24.2 Å². The van der Waals surface area contributed by atoms with Crippen LogP contribution in [0.3, 0.4) is 0 Å². The van der Waals surface area contributed by atoms with Gasteiger partial charge in [0.05, 0.1) is 6.20 Å². The summed E-state index contributed by atoms with van der Waals surface area (Å²) in [6.07, 6.45) is 3.92. The summed E-state index contributed by atoms with van der Waals surface area (Å²) in [5.41, 5.74) is 0.830. The quantitative estimate of drug-likeness (QED) is 0.680. The monoisotopic (exact) mass is 313 g/mol. The summed E-state index contributed by atoms with van der Waals surface area (Å²) in [5.74, 6) is -0.920. The van der Waals surface area contributed by atoms with Gasteiger partial charge in [0.1, 0.15) is 11.4 Å². The number of nitrogens with one attached hydrogen (secondary N) is 2. The number of aliphatic carboxylic acids is 1. The highest BCUT2D eigenvalue weighted by molar-refractivity contribution is 7.92. The second kappa shape index (κ2) is 5.95. The molecule has 0 aliphatic rings. The topological polar surface area (TPSA) is 130 Å². The number of aryl methyl sites for hydroxylation is 1. The molecule has 0 aliphatic carbocycles. The predicted octanol–water partition coefficient (Wildman–Crippen LogP) is 0.444. The number of aromatic nitrogens is 4. The largest absolute Gasteiger partial charge is 0.480 e. The zero-order valence-corrected chi connectivity index (χ0v) is 12.1. The summed E-state index contributed by atoms with van der Waals surface area (Å²) in [7, 11) is -3.84. The van der Waals surface area contributed by atoms with Gasteiger partial charge in [0, 0.05) is 18.0 Å². The highest BCUT2D eigenvalue weighted by Gasteiger charge is 2.18. The number of anilines is 1. The van der Waals surface area contributed by atoms with E-state index < -0.39 is 22.5 Å². The van der Waals surface area contributed by atoms with Gasteiger partial charge in [-0.05, 0) is 6.42 Å². The number of H-pyrrole nitrogens is 1. The van der Waals surface area contributed by atoms with E-state index in [9.17, 15) is 13.2 Å². The van der Waals surface area contributed by atoms with Crippen molar-refractivity contribution >= 4 is 21.8 Å². The highest BCUT2D eigenvalue weighted by atomic mass is 32.2. The number of rotatable bonds is 7. The third-order valence-corrected chi connectivity index (χ3v) is 3.92. The summed E-state index contributed by atoms with van der Waals surface area (Å²) >= 11 is 0. The third kappa shape index (κ3) is 3.81. The molecular weight excluding hydrogens is 298 g/mol. The van der Waals surface area contributed by atoms with Gasteiger partial charge in [0.15, 0.2) is 5.82 Å². The Balaban J connectivity index is 2.13. The number of hydrogen-bond acceptors (Lipinski definition) is 5. The Morgan fingerprint density at radius 1 is 1.52 bits per heavy atom. The van der Waals surface area contributed by atoms with Crippen molar-refractivity contribution in [3.63, 3.8) is 0 Å². The molecule has 114 valence electrons. The molecule has 3 N–H and O–H groups in total. The molecule has 0 fully saturated rings. The van der Waals surface area contributed by atoms with Crippen LogP contribution in [0.25, 0.3) is 0 Å². The van der Waals surface area contributed by atoms with Gasteiger partial charge in [0.25, 0.3) is 10.0 Å². The maximum Gasteiger partial charge on any atom is 0.325 e. The SMILES string of the molecule is CCCc1cc(NS(=O)(=O)c2cnn(CC(=O)O)c2)n[nH]1. The van der Waals surface area contributed by atoms with Crippen molar-refractivity contribution in [1.82, 2.24) is 20.0 Å². The predicted molar refractivity (Wildman–Crippen MR) is 73.3 cm³/mol. The van der Waals surface area contributed by atoms with Crippen LogP contribution in [0.5, 0.6) is 0 Å². The number of carbonyl (C=O) groups is 1. The van der Waals surface area contributed by atoms with E-state index in [4.69, 9.17) is 5.11 Å². The van der Waals surface area contributed by atoms with E-state index in [-0.39, 0.29) is 10.7 Å². The molecule has 2 aromatic heterocycles. The smallest absolute Gasteiger partial charge is 0.325 e. The summed E-state index contributed by atoms with van der Waals surface area (Å²) in [6, 6.07) is 1.61. The van der Waals surface area contributed by atoms with Gasteiger partial charge in [-0.15, -0.1) is 0 Å². The van der Waals surface area contributed by atoms with Crippen LogP contribution in [0.4, 0.5) is 5.82 Å². The van der Waals surface area contributed by atoms with Crippen LogP contribution < -0.4 is 4.72 Å². The number of nitrogens with zero attached hydrogens (tertiary/aromatic N) is 3. The van der Waals surface area contributed by atoms with Crippen LogP contribution in [0.15, 0.2) is 23.4 Å². The number of carboxylic acids is 1. The third-order valence-electron chi connectivity index (χ3n) is 2.61. The first kappa shape index (κ1) is 15.0. The molecule has 0 spiro atoms. The minimum Gasteiger partial charge on any atom is -0.480 e. The molecule has 0 amide bonds. The Kier molecular flexibility index (Phi) is 4.26. The average molecular weight is 313 g/mol. The molecule has 0 unspecified atom stereocenters. The first-order valence-electron chi connectivity index (χ1n) is 6.22. The van der Waals surface area contributed by atoms with E-state index >= 15 is 0 Å². The minimum atomic E-state index is -3.84. The molecule has 0 radical (unpaired) electrons. The molecule has 0 saturated carbocycles. The summed E-state index contributed by atoms with van der Waals surface area (Å²) in [5, 5.41) is 18.9. The first-order valence-corrected chi connectivity index (χ1v) is 7.70. The van der Waals surface area contributed by atoms with Crippen molar-refractivity contribution in [2.45, 2.75) is 31.2 Å². The van der Waals surface area contributed by atoms with E-state index in [0.29, 0.717) is 0 Å². The molecule has 10 heteroatoms. The molecule has 2 heterocycles. The van der Waals surface area contributed by atoms with Gasteiger partial charge in [-0.3, -0.25) is 19.3 Å². The molecule has 2 rings (SSSR count). The van der Waals surface area contributed by atoms with Crippen molar-refractivity contribution < 1.29 is 18.3 Å². The molecule has 0 atom stereocenters. The standard InChI is InChI=1S/C11H15N5O4S/c1-2-3-8-4-10(14-13-8)15-21(19,20)9-5-12-16(6-9)7-11(17)18/h4-6H,2-3,7H2,1H3,(H,17,18)(H2,13,14,15). The second-order valence-corrected chi connectivity index (χ2v) is 6.08. The second-order valence-electron chi connectivity index (χ2n) is 4.40. The first-order chi connectivity index (χ1) is 9.90. The zero-order chi connectivity index (χ0) is 15.5. The van der Waals surface area contributed by atoms with Gasteiger partial charge in [-0.2, -0.15) is 10.2 Å². The zero-order valence-electron chi connectivity index (χ0n) is 11.3. The molecule has 9 nitrogen and oxygen atoms in total. The fourth-order valence-corrected chi connectivity index (χ4v) is 2.66. The summed E-state index contributed by atoms with van der Waals surface area (Å²) in [4.78, 5) is 10.4. The van der Waals surface area contributed by atoms with Crippen molar-refractivity contribution in [2.24, 2.45) is 0 Å². The normalized spacial score (nSPS) is 11.5. The van der Waals surface area contributed by atoms with Gasteiger partial charge in [-0.1, -0.05) is 13.3 Å². The van der Waals surface area contributed by atoms with Gasteiger partial charge < -0.3 is 5.11 Å². The molecule has 0 aliphatic heterocycles. The lowest BCUT2D eigenvalue weighted by Gasteiger charge is -2.01. The maximum atomic E-state index is 12.1. The number of aromatic amines is 1. The fourth-order valence-electron chi connectivity index (χ4n) is 1.72. The van der Waals surface area contributed by atoms with E-state index in [2.05, 4.69) is 20.0 Å². The lowest BCUT2D eigenvalue weighted by atomic mass is 10.2. The lowest BCUT2D eigenvalue weighted by Crippen LogP contribution is -2.13. The summed E-state index contributed by atoms with van der Waals surface area (Å²) in [6.45, 7) is 1.60. The van der Waals surface area contributed by atoms with Gasteiger partial charge in [-0.25, -0.2) is 8.42 Å². The fraction of sp³-hybridized carbons (Fsp3) is 0.364. The van der Waals surface area contributed by atoms with Crippen molar-refractivity contribution in [2.75, 3.05) is 4.72 Å². The van der Waals surface area contributed by atoms with Crippen LogP contribution in [-0.4, -0.2) is 39.5 Å². The number of carboxylic acid groups (broad SMARTS) is 1. The highest BCUT2D eigenvalue weighted by Crippen LogP contribution is 2.14. The van der Waals surface area contributed by atoms with Gasteiger partial charge >= 0.3 is 5.97 Å². The lowest BCUT2D eigenvalue weighted by molar-refractivity contribution is -0.137. The maximum absolute atomic E-state index is 12.1. The van der Waals surface area contributed by atoms with Gasteiger partial charge in [0.2, 0.25) is 0 Å².